The fraction of sp³-hybridized carbons (Fsp3) is 0.364. The molecular weight excluding hydrogens is 272 g/mol. The van der Waals surface area contributed by atoms with E-state index in [1.165, 1.54) is 0 Å². The Morgan fingerprint density at radius 1 is 1.12 bits per heavy atom. The van der Waals surface area contributed by atoms with E-state index in [-0.39, 0.29) is 13.2 Å². The van der Waals surface area contributed by atoms with Crippen LogP contribution < -0.4 is 0 Å². The van der Waals surface area contributed by atoms with E-state index < -0.39 is 0 Å². The largest absolute Gasteiger partial charge is 0.394 e. The topological polar surface area (TPSA) is 56.1 Å². The lowest BCUT2D eigenvalue weighted by Gasteiger charge is -2.15. The Morgan fingerprint density at radius 3 is 2.19 bits per heavy atom. The number of rotatable bonds is 6. The second-order valence-corrected chi connectivity index (χ2v) is 4.11. The van der Waals surface area contributed by atoms with Crippen LogP contribution in [-0.2, 0) is 0 Å². The molecule has 0 amide bonds. The van der Waals surface area contributed by atoms with Gasteiger partial charge in [-0.15, -0.1) is 0 Å². The third-order valence-corrected chi connectivity index (χ3v) is 2.49. The van der Waals surface area contributed by atoms with Gasteiger partial charge < -0.3 is 10.2 Å². The minimum Gasteiger partial charge on any atom is -0.394 e. The molecule has 5 heteroatoms. The van der Waals surface area contributed by atoms with Gasteiger partial charge in [0.05, 0.1) is 32.5 Å². The number of benzene rings is 1. The normalized spacial score (nSPS) is 10.9. The number of aliphatic hydroxyl groups excluding tert-OH is 2. The zero-order valence-electron chi connectivity index (χ0n) is 8.88. The SMILES string of the molecule is OCCN(CCO)/N=C\c1ccc(Br)cc1. The Labute approximate surface area is 103 Å². The van der Waals surface area contributed by atoms with E-state index in [2.05, 4.69) is 21.0 Å². The number of hydrazone groups is 1. The van der Waals surface area contributed by atoms with Gasteiger partial charge >= 0.3 is 0 Å². The molecule has 0 saturated heterocycles. The molecule has 0 fully saturated rings. The van der Waals surface area contributed by atoms with Gasteiger partial charge in [-0.1, -0.05) is 28.1 Å². The quantitative estimate of drug-likeness (QED) is 0.608. The van der Waals surface area contributed by atoms with Gasteiger partial charge in [-0.05, 0) is 17.7 Å². The van der Waals surface area contributed by atoms with Crippen molar-refractivity contribution >= 4 is 22.1 Å². The average molecular weight is 287 g/mol. The van der Waals surface area contributed by atoms with Crippen molar-refractivity contribution in [3.63, 3.8) is 0 Å². The van der Waals surface area contributed by atoms with Crippen LogP contribution in [0, 0.1) is 0 Å². The highest BCUT2D eigenvalue weighted by atomic mass is 79.9. The van der Waals surface area contributed by atoms with Crippen molar-refractivity contribution in [3.05, 3.63) is 34.3 Å². The van der Waals surface area contributed by atoms with Crippen LogP contribution in [0.2, 0.25) is 0 Å². The standard InChI is InChI=1S/C11H15BrN2O2/c12-11-3-1-10(2-4-11)9-13-14(5-7-15)6-8-16/h1-4,9,15-16H,5-8H2/b13-9-. The van der Waals surface area contributed by atoms with Crippen LogP contribution in [0.4, 0.5) is 0 Å². The third kappa shape index (κ3) is 4.74. The first-order valence-corrected chi connectivity index (χ1v) is 5.82. The van der Waals surface area contributed by atoms with Crippen molar-refractivity contribution < 1.29 is 10.2 Å². The van der Waals surface area contributed by atoms with Gasteiger partial charge in [0.1, 0.15) is 0 Å². The number of aliphatic hydroxyl groups is 2. The van der Waals surface area contributed by atoms with Gasteiger partial charge in [-0.2, -0.15) is 5.10 Å². The monoisotopic (exact) mass is 286 g/mol. The molecule has 1 aromatic carbocycles. The van der Waals surface area contributed by atoms with Crippen LogP contribution >= 0.6 is 15.9 Å². The van der Waals surface area contributed by atoms with E-state index in [0.717, 1.165) is 10.0 Å². The first kappa shape index (κ1) is 13.2. The Kier molecular flexibility index (Phi) is 6.07. The zero-order valence-corrected chi connectivity index (χ0v) is 10.5. The number of hydrogen-bond donors (Lipinski definition) is 2. The second kappa shape index (κ2) is 7.38. The number of hydrogen-bond acceptors (Lipinski definition) is 4. The maximum Gasteiger partial charge on any atom is 0.0623 e. The van der Waals surface area contributed by atoms with Gasteiger partial charge in [0.25, 0.3) is 0 Å². The minimum atomic E-state index is 0.0255. The summed E-state index contributed by atoms with van der Waals surface area (Å²) in [6.07, 6.45) is 1.71. The fourth-order valence-electron chi connectivity index (χ4n) is 1.16. The third-order valence-electron chi connectivity index (χ3n) is 1.96. The molecule has 0 spiro atoms. The van der Waals surface area contributed by atoms with Crippen molar-refractivity contribution in [3.8, 4) is 0 Å². The van der Waals surface area contributed by atoms with Crippen LogP contribution in [0.25, 0.3) is 0 Å². The molecule has 0 unspecified atom stereocenters. The molecule has 0 aliphatic rings. The molecule has 1 aromatic rings. The highest BCUT2D eigenvalue weighted by Gasteiger charge is 1.97. The molecule has 0 aliphatic heterocycles. The van der Waals surface area contributed by atoms with Gasteiger partial charge in [-0.3, -0.25) is 5.01 Å². The van der Waals surface area contributed by atoms with Crippen LogP contribution in [-0.4, -0.2) is 47.7 Å². The average Bonchev–Trinajstić information content (AvgIpc) is 2.29. The molecule has 0 aliphatic carbocycles. The van der Waals surface area contributed by atoms with Gasteiger partial charge in [0.2, 0.25) is 0 Å². The molecule has 88 valence electrons. The van der Waals surface area contributed by atoms with Crippen LogP contribution in [0.1, 0.15) is 5.56 Å². The predicted octanol–water partition coefficient (Wildman–Crippen LogP) is 1.07. The summed E-state index contributed by atoms with van der Waals surface area (Å²) in [5, 5.41) is 23.4. The smallest absolute Gasteiger partial charge is 0.0623 e. The van der Waals surface area contributed by atoms with E-state index in [1.807, 2.05) is 24.3 Å². The maximum absolute atomic E-state index is 8.79. The van der Waals surface area contributed by atoms with Crippen LogP contribution in [0.3, 0.4) is 0 Å². The highest BCUT2D eigenvalue weighted by Crippen LogP contribution is 2.09. The Hall–Kier alpha value is -0.910. The van der Waals surface area contributed by atoms with Crippen LogP contribution in [0.15, 0.2) is 33.8 Å². The molecule has 16 heavy (non-hydrogen) atoms. The summed E-state index contributed by atoms with van der Waals surface area (Å²) >= 11 is 3.35. The van der Waals surface area contributed by atoms with Crippen molar-refractivity contribution in [2.24, 2.45) is 5.10 Å². The summed E-state index contributed by atoms with van der Waals surface area (Å²) in [7, 11) is 0. The first-order valence-electron chi connectivity index (χ1n) is 5.02. The van der Waals surface area contributed by atoms with Crippen molar-refractivity contribution in [2.75, 3.05) is 26.3 Å². The highest BCUT2D eigenvalue weighted by molar-refractivity contribution is 9.10. The predicted molar refractivity (Wildman–Crippen MR) is 67.5 cm³/mol. The maximum atomic E-state index is 8.79. The van der Waals surface area contributed by atoms with Gasteiger partial charge in [0, 0.05) is 4.47 Å². The molecule has 2 N–H and O–H groups in total. The van der Waals surface area contributed by atoms with E-state index in [9.17, 15) is 0 Å². The molecule has 0 bridgehead atoms. The van der Waals surface area contributed by atoms with Crippen molar-refractivity contribution in [2.45, 2.75) is 0 Å². The van der Waals surface area contributed by atoms with E-state index in [1.54, 1.807) is 11.2 Å². The molecule has 0 heterocycles. The van der Waals surface area contributed by atoms with Crippen LogP contribution in [0.5, 0.6) is 0 Å². The van der Waals surface area contributed by atoms with Gasteiger partial charge in [-0.25, -0.2) is 0 Å². The van der Waals surface area contributed by atoms with Crippen molar-refractivity contribution in [1.82, 2.24) is 5.01 Å². The molecule has 0 saturated carbocycles. The second-order valence-electron chi connectivity index (χ2n) is 3.20. The van der Waals surface area contributed by atoms with Gasteiger partial charge in [0.15, 0.2) is 0 Å². The summed E-state index contributed by atoms with van der Waals surface area (Å²) in [4.78, 5) is 0. The lowest BCUT2D eigenvalue weighted by atomic mass is 10.2. The summed E-state index contributed by atoms with van der Waals surface area (Å²) in [6.45, 7) is 0.899. The summed E-state index contributed by atoms with van der Waals surface area (Å²) < 4.78 is 1.02. The Balaban J connectivity index is 2.58. The Morgan fingerprint density at radius 2 is 1.69 bits per heavy atom. The zero-order chi connectivity index (χ0) is 11.8. The first-order chi connectivity index (χ1) is 7.76. The van der Waals surface area contributed by atoms with Crippen molar-refractivity contribution in [1.29, 1.82) is 0 Å². The fourth-order valence-corrected chi connectivity index (χ4v) is 1.42. The Bertz CT molecular complexity index is 321. The molecular formula is C11H15BrN2O2. The lowest BCUT2D eigenvalue weighted by molar-refractivity contribution is 0.166. The summed E-state index contributed by atoms with van der Waals surface area (Å²) in [5.41, 5.74) is 0.976. The molecule has 0 radical (unpaired) electrons. The minimum absolute atomic E-state index is 0.0255. The number of halogens is 1. The molecule has 4 nitrogen and oxygen atoms in total. The number of nitrogens with zero attached hydrogens (tertiary/aromatic N) is 2. The molecule has 0 atom stereocenters. The van der Waals surface area contributed by atoms with E-state index in [0.29, 0.717) is 13.1 Å². The van der Waals surface area contributed by atoms with E-state index in [4.69, 9.17) is 10.2 Å². The van der Waals surface area contributed by atoms with E-state index >= 15 is 0 Å². The molecule has 1 rings (SSSR count). The summed E-state index contributed by atoms with van der Waals surface area (Å²) in [5.74, 6) is 0. The lowest BCUT2D eigenvalue weighted by Crippen LogP contribution is -2.24. The summed E-state index contributed by atoms with van der Waals surface area (Å²) in [6, 6.07) is 7.74. The molecule has 0 aromatic heterocycles.